The van der Waals surface area contributed by atoms with E-state index < -0.39 is 53.8 Å². The van der Waals surface area contributed by atoms with Crippen molar-refractivity contribution in [3.63, 3.8) is 0 Å². The zero-order chi connectivity index (χ0) is 22.8. The molecule has 31 heavy (non-hydrogen) atoms. The molecule has 0 bridgehead atoms. The highest BCUT2D eigenvalue weighted by Crippen LogP contribution is 2.50. The maximum atomic E-state index is 13.3. The number of carbonyl (C=O) groups excluding carboxylic acids is 2. The molecular formula is C24H38O7. The van der Waals surface area contributed by atoms with Crippen LogP contribution in [-0.2, 0) is 33.3 Å². The van der Waals surface area contributed by atoms with E-state index in [1.165, 1.54) is 0 Å². The van der Waals surface area contributed by atoms with Crippen molar-refractivity contribution in [1.29, 1.82) is 0 Å². The van der Waals surface area contributed by atoms with Crippen LogP contribution in [0.25, 0.3) is 0 Å². The summed E-state index contributed by atoms with van der Waals surface area (Å²) in [7, 11) is 0. The van der Waals surface area contributed by atoms with Gasteiger partial charge in [0.25, 0.3) is 0 Å². The predicted molar refractivity (Wildman–Crippen MR) is 112 cm³/mol. The second-order valence-corrected chi connectivity index (χ2v) is 11.7. The van der Waals surface area contributed by atoms with Gasteiger partial charge >= 0.3 is 11.9 Å². The molecule has 1 saturated carbocycles. The Kier molecular flexibility index (Phi) is 5.71. The highest BCUT2D eigenvalue weighted by molar-refractivity contribution is 5.84. The first-order valence-electron chi connectivity index (χ1n) is 11.8. The lowest BCUT2D eigenvalue weighted by molar-refractivity contribution is -0.249. The summed E-state index contributed by atoms with van der Waals surface area (Å²) in [6.07, 6.45) is 0.883. The maximum absolute atomic E-state index is 13.3. The van der Waals surface area contributed by atoms with Crippen LogP contribution in [0, 0.1) is 22.7 Å². The van der Waals surface area contributed by atoms with Gasteiger partial charge in [0, 0.05) is 12.8 Å². The Hall–Kier alpha value is -1.18. The highest BCUT2D eigenvalue weighted by atomic mass is 16.9. The molecule has 0 aromatic heterocycles. The zero-order valence-electron chi connectivity index (χ0n) is 19.9. The van der Waals surface area contributed by atoms with Gasteiger partial charge in [0.05, 0.1) is 5.41 Å². The summed E-state index contributed by atoms with van der Waals surface area (Å²) < 4.78 is 29.9. The van der Waals surface area contributed by atoms with Crippen molar-refractivity contribution in [2.75, 3.05) is 0 Å². The van der Waals surface area contributed by atoms with Crippen molar-refractivity contribution in [3.05, 3.63) is 0 Å². The normalized spacial score (nSPS) is 41.7. The van der Waals surface area contributed by atoms with Crippen molar-refractivity contribution >= 4 is 11.9 Å². The van der Waals surface area contributed by atoms with E-state index in [1.54, 1.807) is 0 Å². The molecule has 0 amide bonds. The Morgan fingerprint density at radius 3 is 2.32 bits per heavy atom. The van der Waals surface area contributed by atoms with E-state index in [1.807, 2.05) is 27.7 Å². The molecule has 3 saturated heterocycles. The minimum atomic E-state index is -1.09. The average molecular weight is 439 g/mol. The summed E-state index contributed by atoms with van der Waals surface area (Å²) in [6, 6.07) is 0. The Morgan fingerprint density at radius 1 is 1.10 bits per heavy atom. The highest BCUT2D eigenvalue weighted by Gasteiger charge is 2.66. The lowest BCUT2D eigenvalue weighted by Crippen LogP contribution is -2.47. The summed E-state index contributed by atoms with van der Waals surface area (Å²) in [4.78, 5) is 26.0. The minimum absolute atomic E-state index is 0.304. The van der Waals surface area contributed by atoms with E-state index in [9.17, 15) is 9.59 Å². The van der Waals surface area contributed by atoms with Gasteiger partial charge in [0.2, 0.25) is 6.10 Å². The van der Waals surface area contributed by atoms with Crippen LogP contribution in [0.15, 0.2) is 0 Å². The lowest BCUT2D eigenvalue weighted by atomic mass is 9.64. The number of hydrogen-bond acceptors (Lipinski definition) is 7. The predicted octanol–water partition coefficient (Wildman–Crippen LogP) is 3.97. The van der Waals surface area contributed by atoms with E-state index in [0.717, 1.165) is 25.7 Å². The van der Waals surface area contributed by atoms with Crippen LogP contribution in [0.3, 0.4) is 0 Å². The first-order valence-corrected chi connectivity index (χ1v) is 11.8. The van der Waals surface area contributed by atoms with Gasteiger partial charge in [-0.2, -0.15) is 0 Å². The molecule has 4 aliphatic rings. The van der Waals surface area contributed by atoms with Crippen LogP contribution in [0.1, 0.15) is 80.6 Å². The van der Waals surface area contributed by atoms with Gasteiger partial charge in [-0.25, -0.2) is 4.79 Å². The number of hydrogen-bond donors (Lipinski definition) is 0. The summed E-state index contributed by atoms with van der Waals surface area (Å²) in [5.74, 6) is -0.641. The van der Waals surface area contributed by atoms with Gasteiger partial charge in [0.15, 0.2) is 24.3 Å². The van der Waals surface area contributed by atoms with Crippen molar-refractivity contribution in [3.8, 4) is 0 Å². The monoisotopic (exact) mass is 438 g/mol. The first-order chi connectivity index (χ1) is 14.4. The Morgan fingerprint density at radius 2 is 1.74 bits per heavy atom. The van der Waals surface area contributed by atoms with Crippen LogP contribution >= 0.6 is 0 Å². The van der Waals surface area contributed by atoms with E-state index >= 15 is 0 Å². The van der Waals surface area contributed by atoms with Crippen LogP contribution in [-0.4, -0.2) is 48.4 Å². The summed E-state index contributed by atoms with van der Waals surface area (Å²) >= 11 is 0. The molecule has 1 aliphatic carbocycles. The average Bonchev–Trinajstić information content (AvgIpc) is 3.25. The van der Waals surface area contributed by atoms with Crippen molar-refractivity contribution in [1.82, 2.24) is 0 Å². The Balaban J connectivity index is 1.46. The van der Waals surface area contributed by atoms with Crippen LogP contribution in [0.5, 0.6) is 0 Å². The second-order valence-electron chi connectivity index (χ2n) is 11.7. The van der Waals surface area contributed by atoms with Gasteiger partial charge in [0.1, 0.15) is 6.10 Å². The molecule has 7 nitrogen and oxygen atoms in total. The lowest BCUT2D eigenvalue weighted by Gasteiger charge is -2.41. The summed E-state index contributed by atoms with van der Waals surface area (Å²) in [5.41, 5.74) is -1.08. The minimum Gasteiger partial charge on any atom is -0.454 e. The number of ether oxygens (including phenoxy) is 5. The molecule has 7 heteroatoms. The van der Waals surface area contributed by atoms with E-state index in [-0.39, 0.29) is 5.41 Å². The molecule has 4 fully saturated rings. The van der Waals surface area contributed by atoms with Crippen molar-refractivity contribution in [2.45, 2.75) is 117 Å². The molecule has 3 heterocycles. The molecule has 176 valence electrons. The largest absolute Gasteiger partial charge is 0.454 e. The van der Waals surface area contributed by atoms with E-state index in [4.69, 9.17) is 23.7 Å². The molecule has 0 aromatic rings. The third-order valence-electron chi connectivity index (χ3n) is 7.86. The molecule has 0 N–H and O–H groups in total. The summed E-state index contributed by atoms with van der Waals surface area (Å²) in [6.45, 7) is 14.4. The van der Waals surface area contributed by atoms with Crippen molar-refractivity contribution in [2.24, 2.45) is 22.7 Å². The van der Waals surface area contributed by atoms with E-state index in [2.05, 4.69) is 20.8 Å². The molecule has 3 aliphatic heterocycles. The topological polar surface area (TPSA) is 80.3 Å². The molecule has 0 radical (unpaired) electrons. The molecule has 4 rings (SSSR count). The van der Waals surface area contributed by atoms with Crippen molar-refractivity contribution < 1.29 is 33.3 Å². The van der Waals surface area contributed by atoms with Gasteiger partial charge in [-0.05, 0) is 43.4 Å². The SMILES string of the molecule is CC(C)CC(C)(C(=O)OC1C(=O)OC2C3OC4(CCC(C)CC4)OC3OC12)C(C)(C)C. The fourth-order valence-corrected chi connectivity index (χ4v) is 5.38. The summed E-state index contributed by atoms with van der Waals surface area (Å²) in [5, 5.41) is 0. The first kappa shape index (κ1) is 23.0. The maximum Gasteiger partial charge on any atom is 0.350 e. The van der Waals surface area contributed by atoms with Crippen LogP contribution in [0.2, 0.25) is 0 Å². The van der Waals surface area contributed by atoms with Gasteiger partial charge in [-0.1, -0.05) is 41.5 Å². The number of fused-ring (bicyclic) bond motifs is 3. The van der Waals surface area contributed by atoms with Gasteiger partial charge in [-0.15, -0.1) is 0 Å². The van der Waals surface area contributed by atoms with Gasteiger partial charge in [-0.3, -0.25) is 4.79 Å². The standard InChI is InChI=1S/C24H38O7/c1-13(2)12-23(7,22(4,5)6)21(26)29-17-15-16(27-19(17)25)18-20(28-15)31-24(30-18)10-8-14(3)9-11-24/h13-18,20H,8-12H2,1-7H3. The molecule has 0 aromatic carbocycles. The van der Waals surface area contributed by atoms with Gasteiger partial charge < -0.3 is 23.7 Å². The Bertz CT molecular complexity index is 718. The fourth-order valence-electron chi connectivity index (χ4n) is 5.38. The zero-order valence-corrected chi connectivity index (χ0v) is 19.9. The molecule has 6 unspecified atom stereocenters. The number of rotatable bonds is 4. The third-order valence-corrected chi connectivity index (χ3v) is 7.86. The fraction of sp³-hybridized carbons (Fsp3) is 0.917. The molecular weight excluding hydrogens is 400 g/mol. The second kappa shape index (κ2) is 7.70. The Labute approximate surface area is 185 Å². The molecule has 6 atom stereocenters. The van der Waals surface area contributed by atoms with Crippen LogP contribution < -0.4 is 0 Å². The van der Waals surface area contributed by atoms with E-state index in [0.29, 0.717) is 18.3 Å². The third kappa shape index (κ3) is 3.91. The number of esters is 2. The smallest absolute Gasteiger partial charge is 0.350 e. The van der Waals surface area contributed by atoms with Crippen LogP contribution in [0.4, 0.5) is 0 Å². The number of carbonyl (C=O) groups is 2. The molecule has 1 spiro atoms. The quantitative estimate of drug-likeness (QED) is 0.615.